The van der Waals surface area contributed by atoms with Gasteiger partial charge in [0, 0.05) is 18.7 Å². The summed E-state index contributed by atoms with van der Waals surface area (Å²) in [7, 11) is 0. The molecule has 26 heavy (non-hydrogen) atoms. The molecule has 1 saturated carbocycles. The number of anilines is 1. The maximum absolute atomic E-state index is 12.3. The Balaban J connectivity index is 1.80. The van der Waals surface area contributed by atoms with Crippen molar-refractivity contribution < 1.29 is 19.1 Å². The molecule has 0 saturated heterocycles. The number of esters is 1. The number of amides is 2. The predicted octanol–water partition coefficient (Wildman–Crippen LogP) is 2.81. The largest absolute Gasteiger partial charge is 0.452 e. The Bertz CT molecular complexity index is 642. The van der Waals surface area contributed by atoms with Crippen molar-refractivity contribution in [1.29, 1.82) is 0 Å². The third kappa shape index (κ3) is 6.17. The van der Waals surface area contributed by atoms with E-state index in [1.54, 1.807) is 31.2 Å². The molecule has 3 atom stereocenters. The summed E-state index contributed by atoms with van der Waals surface area (Å²) < 4.78 is 5.27. The molecule has 1 aromatic carbocycles. The molecule has 0 bridgehead atoms. The number of hydrogen-bond donors (Lipinski definition) is 2. The Labute approximate surface area is 154 Å². The molecule has 6 nitrogen and oxygen atoms in total. The van der Waals surface area contributed by atoms with Crippen LogP contribution in [0.25, 0.3) is 0 Å². The molecule has 2 N–H and O–H groups in total. The molecule has 0 spiro atoms. The summed E-state index contributed by atoms with van der Waals surface area (Å²) in [6.07, 6.45) is 3.70. The van der Waals surface area contributed by atoms with E-state index in [1.807, 2.05) is 0 Å². The van der Waals surface area contributed by atoms with Crippen LogP contribution in [-0.2, 0) is 25.5 Å². The first-order valence-electron chi connectivity index (χ1n) is 9.21. The zero-order valence-electron chi connectivity index (χ0n) is 15.7. The molecule has 0 heterocycles. The zero-order chi connectivity index (χ0) is 19.1. The normalized spacial score (nSPS) is 20.7. The minimum Gasteiger partial charge on any atom is -0.452 e. The van der Waals surface area contributed by atoms with Crippen LogP contribution in [0.1, 0.15) is 52.0 Å². The molecule has 0 unspecified atom stereocenters. The summed E-state index contributed by atoms with van der Waals surface area (Å²) in [6, 6.07) is 7.12. The van der Waals surface area contributed by atoms with Crippen LogP contribution in [0.5, 0.6) is 0 Å². The van der Waals surface area contributed by atoms with Gasteiger partial charge in [0.15, 0.2) is 6.10 Å². The lowest BCUT2D eigenvalue weighted by atomic mass is 9.86. The van der Waals surface area contributed by atoms with E-state index in [2.05, 4.69) is 17.6 Å². The zero-order valence-corrected chi connectivity index (χ0v) is 15.7. The third-order valence-corrected chi connectivity index (χ3v) is 4.74. The average molecular weight is 360 g/mol. The van der Waals surface area contributed by atoms with E-state index in [0.29, 0.717) is 11.6 Å². The van der Waals surface area contributed by atoms with Gasteiger partial charge in [0.05, 0.1) is 6.42 Å². The van der Waals surface area contributed by atoms with Crippen molar-refractivity contribution in [3.8, 4) is 0 Å². The van der Waals surface area contributed by atoms with Gasteiger partial charge in [0.1, 0.15) is 0 Å². The third-order valence-electron chi connectivity index (χ3n) is 4.74. The van der Waals surface area contributed by atoms with Crippen molar-refractivity contribution in [2.45, 2.75) is 65.0 Å². The van der Waals surface area contributed by atoms with E-state index < -0.39 is 12.1 Å². The quantitative estimate of drug-likeness (QED) is 0.764. The van der Waals surface area contributed by atoms with Crippen molar-refractivity contribution in [3.05, 3.63) is 29.8 Å². The van der Waals surface area contributed by atoms with E-state index >= 15 is 0 Å². The van der Waals surface area contributed by atoms with Crippen LogP contribution < -0.4 is 10.6 Å². The number of nitrogens with one attached hydrogen (secondary N) is 2. The number of rotatable bonds is 6. The van der Waals surface area contributed by atoms with Crippen molar-refractivity contribution in [2.75, 3.05) is 5.32 Å². The van der Waals surface area contributed by atoms with Gasteiger partial charge in [-0.3, -0.25) is 14.4 Å². The smallest absolute Gasteiger partial charge is 0.311 e. The second-order valence-electron chi connectivity index (χ2n) is 7.06. The number of hydrogen-bond acceptors (Lipinski definition) is 4. The molecule has 2 amide bonds. The van der Waals surface area contributed by atoms with E-state index in [1.165, 1.54) is 13.3 Å². The molecule has 1 fully saturated rings. The summed E-state index contributed by atoms with van der Waals surface area (Å²) in [5.74, 6) is -0.378. The van der Waals surface area contributed by atoms with Crippen molar-refractivity contribution in [1.82, 2.24) is 5.32 Å². The standard InChI is InChI=1S/C20H28N2O4/c1-13-6-4-5-7-18(13)22-20(25)14(2)26-19(24)12-16-8-10-17(11-9-16)21-15(3)23/h8-11,13-14,18H,4-7,12H2,1-3H3,(H,21,23)(H,22,25)/t13-,14+,18+/m0/s1. The van der Waals surface area contributed by atoms with Gasteiger partial charge >= 0.3 is 5.97 Å². The Kier molecular flexibility index (Phi) is 7.18. The number of benzene rings is 1. The highest BCUT2D eigenvalue weighted by Crippen LogP contribution is 2.23. The molecule has 1 aliphatic rings. The Morgan fingerprint density at radius 1 is 1.15 bits per heavy atom. The number of ether oxygens (including phenoxy) is 1. The van der Waals surface area contributed by atoms with E-state index in [-0.39, 0.29) is 24.3 Å². The minimum absolute atomic E-state index is 0.0812. The van der Waals surface area contributed by atoms with Crippen LogP contribution in [-0.4, -0.2) is 29.9 Å². The molecule has 6 heteroatoms. The molecular weight excluding hydrogens is 332 g/mol. The summed E-state index contributed by atoms with van der Waals surface area (Å²) in [5.41, 5.74) is 1.43. The fourth-order valence-electron chi connectivity index (χ4n) is 3.20. The second-order valence-corrected chi connectivity index (χ2v) is 7.06. The van der Waals surface area contributed by atoms with Gasteiger partial charge in [0.25, 0.3) is 5.91 Å². The highest BCUT2D eigenvalue weighted by atomic mass is 16.5. The first-order valence-corrected chi connectivity index (χ1v) is 9.21. The van der Waals surface area contributed by atoms with Crippen molar-refractivity contribution in [3.63, 3.8) is 0 Å². The minimum atomic E-state index is -0.810. The van der Waals surface area contributed by atoms with E-state index in [0.717, 1.165) is 24.8 Å². The molecule has 0 aliphatic heterocycles. The van der Waals surface area contributed by atoms with Gasteiger partial charge in [-0.1, -0.05) is 31.9 Å². The van der Waals surface area contributed by atoms with Crippen molar-refractivity contribution >= 4 is 23.5 Å². The van der Waals surface area contributed by atoms with E-state index in [9.17, 15) is 14.4 Å². The van der Waals surface area contributed by atoms with Crippen LogP contribution in [0.2, 0.25) is 0 Å². The van der Waals surface area contributed by atoms with Crippen LogP contribution in [0.4, 0.5) is 5.69 Å². The van der Waals surface area contributed by atoms with Crippen LogP contribution in [0, 0.1) is 5.92 Å². The SMILES string of the molecule is CC(=O)Nc1ccc(CC(=O)O[C@H](C)C(=O)N[C@@H]2CCCC[C@@H]2C)cc1. The molecule has 2 rings (SSSR count). The fraction of sp³-hybridized carbons (Fsp3) is 0.550. The summed E-state index contributed by atoms with van der Waals surface area (Å²) >= 11 is 0. The maximum Gasteiger partial charge on any atom is 0.311 e. The summed E-state index contributed by atoms with van der Waals surface area (Å²) in [5, 5.41) is 5.67. The molecular formula is C20H28N2O4. The highest BCUT2D eigenvalue weighted by Gasteiger charge is 2.26. The lowest BCUT2D eigenvalue weighted by Crippen LogP contribution is -2.46. The Morgan fingerprint density at radius 3 is 2.42 bits per heavy atom. The topological polar surface area (TPSA) is 84.5 Å². The summed E-state index contributed by atoms with van der Waals surface area (Å²) in [4.78, 5) is 35.3. The predicted molar refractivity (Wildman–Crippen MR) is 99.6 cm³/mol. The molecule has 1 aromatic rings. The summed E-state index contributed by atoms with van der Waals surface area (Å²) in [6.45, 7) is 5.18. The fourth-order valence-corrected chi connectivity index (χ4v) is 3.20. The van der Waals surface area contributed by atoms with Gasteiger partial charge in [-0.25, -0.2) is 0 Å². The number of carbonyl (C=O) groups excluding carboxylic acids is 3. The van der Waals surface area contributed by atoms with E-state index in [4.69, 9.17) is 4.74 Å². The average Bonchev–Trinajstić information content (AvgIpc) is 2.58. The lowest BCUT2D eigenvalue weighted by molar-refractivity contribution is -0.154. The first-order chi connectivity index (χ1) is 12.3. The van der Waals surface area contributed by atoms with Crippen LogP contribution in [0.3, 0.4) is 0 Å². The molecule has 1 aliphatic carbocycles. The van der Waals surface area contributed by atoms with Gasteiger partial charge in [-0.2, -0.15) is 0 Å². The Hall–Kier alpha value is -2.37. The van der Waals surface area contributed by atoms with Gasteiger partial charge in [-0.15, -0.1) is 0 Å². The lowest BCUT2D eigenvalue weighted by Gasteiger charge is -2.30. The molecule has 0 radical (unpaired) electrons. The monoisotopic (exact) mass is 360 g/mol. The number of carbonyl (C=O) groups is 3. The van der Waals surface area contributed by atoms with Gasteiger partial charge < -0.3 is 15.4 Å². The molecule has 142 valence electrons. The first kappa shape index (κ1) is 19.9. The van der Waals surface area contributed by atoms with Crippen LogP contribution in [0.15, 0.2) is 24.3 Å². The van der Waals surface area contributed by atoms with Gasteiger partial charge in [0.2, 0.25) is 5.91 Å². The van der Waals surface area contributed by atoms with Gasteiger partial charge in [-0.05, 0) is 43.4 Å². The second kappa shape index (κ2) is 9.36. The molecule has 0 aromatic heterocycles. The van der Waals surface area contributed by atoms with Crippen molar-refractivity contribution in [2.24, 2.45) is 5.92 Å². The van der Waals surface area contributed by atoms with Crippen LogP contribution >= 0.6 is 0 Å². The highest BCUT2D eigenvalue weighted by molar-refractivity contribution is 5.88. The maximum atomic E-state index is 12.3. The Morgan fingerprint density at radius 2 is 1.81 bits per heavy atom.